The van der Waals surface area contributed by atoms with E-state index in [-0.39, 0.29) is 5.97 Å². The van der Waals surface area contributed by atoms with Crippen LogP contribution in [0.3, 0.4) is 0 Å². The van der Waals surface area contributed by atoms with Gasteiger partial charge in [-0.1, -0.05) is 63.1 Å². The summed E-state index contributed by atoms with van der Waals surface area (Å²) in [5.74, 6) is 0.218. The van der Waals surface area contributed by atoms with E-state index in [9.17, 15) is 4.79 Å². The van der Waals surface area contributed by atoms with Crippen LogP contribution in [0.15, 0.2) is 47.6 Å². The van der Waals surface area contributed by atoms with E-state index in [2.05, 4.69) is 50.3 Å². The van der Waals surface area contributed by atoms with E-state index in [0.29, 0.717) is 12.3 Å². The standard InChI is InChI=1S/C19H28O2/c1-4-6-8-10-16-12-17(11-9-7-5-2)14-18(13-16)15-19(20)21-3/h8-11,13-14,16H,4-7,12,15H2,1-3H3/b10-8+,11-9+. The number of ether oxygens (including phenoxy) is 1. The molecule has 1 unspecified atom stereocenters. The van der Waals surface area contributed by atoms with Crippen molar-refractivity contribution in [3.05, 3.63) is 47.6 Å². The number of hydrogen-bond acceptors (Lipinski definition) is 2. The van der Waals surface area contributed by atoms with Crippen molar-refractivity contribution in [2.75, 3.05) is 7.11 Å². The summed E-state index contributed by atoms with van der Waals surface area (Å²) < 4.78 is 4.78. The molecule has 0 N–H and O–H groups in total. The third-order valence-corrected chi connectivity index (χ3v) is 3.47. The van der Waals surface area contributed by atoms with Gasteiger partial charge in [-0.15, -0.1) is 0 Å². The van der Waals surface area contributed by atoms with Crippen LogP contribution < -0.4 is 0 Å². The van der Waals surface area contributed by atoms with Crippen molar-refractivity contribution >= 4 is 5.97 Å². The minimum Gasteiger partial charge on any atom is -0.469 e. The van der Waals surface area contributed by atoms with Gasteiger partial charge in [0.15, 0.2) is 0 Å². The van der Waals surface area contributed by atoms with Gasteiger partial charge in [-0.25, -0.2) is 0 Å². The zero-order valence-electron chi connectivity index (χ0n) is 13.6. The maximum Gasteiger partial charge on any atom is 0.309 e. The van der Waals surface area contributed by atoms with E-state index < -0.39 is 0 Å². The molecule has 21 heavy (non-hydrogen) atoms. The Morgan fingerprint density at radius 1 is 1.29 bits per heavy atom. The summed E-state index contributed by atoms with van der Waals surface area (Å²) >= 11 is 0. The summed E-state index contributed by atoms with van der Waals surface area (Å²) in [5, 5.41) is 0. The highest BCUT2D eigenvalue weighted by Crippen LogP contribution is 2.27. The average molecular weight is 288 g/mol. The van der Waals surface area contributed by atoms with Gasteiger partial charge < -0.3 is 4.74 Å². The molecule has 0 saturated carbocycles. The summed E-state index contributed by atoms with van der Waals surface area (Å²) in [6.07, 6.45) is 19.2. The maximum atomic E-state index is 11.5. The molecule has 0 aromatic heterocycles. The molecule has 1 rings (SSSR count). The molecule has 0 fully saturated rings. The zero-order chi connectivity index (χ0) is 15.5. The molecule has 116 valence electrons. The second kappa shape index (κ2) is 10.2. The molecule has 0 spiro atoms. The third kappa shape index (κ3) is 7.12. The van der Waals surface area contributed by atoms with Gasteiger partial charge >= 0.3 is 5.97 Å². The summed E-state index contributed by atoms with van der Waals surface area (Å²) in [5.41, 5.74) is 2.37. The minimum absolute atomic E-state index is 0.174. The lowest BCUT2D eigenvalue weighted by Gasteiger charge is -2.17. The molecular formula is C19H28O2. The van der Waals surface area contributed by atoms with Crippen LogP contribution in [0.4, 0.5) is 0 Å². The molecule has 1 atom stereocenters. The Kier molecular flexibility index (Phi) is 8.49. The lowest BCUT2D eigenvalue weighted by Crippen LogP contribution is -2.07. The van der Waals surface area contributed by atoms with Crippen molar-refractivity contribution in [2.24, 2.45) is 5.92 Å². The first-order chi connectivity index (χ1) is 10.2. The summed E-state index contributed by atoms with van der Waals surface area (Å²) in [4.78, 5) is 11.5. The fourth-order valence-electron chi connectivity index (χ4n) is 2.38. The van der Waals surface area contributed by atoms with Crippen LogP contribution >= 0.6 is 0 Å². The van der Waals surface area contributed by atoms with Gasteiger partial charge in [0.1, 0.15) is 0 Å². The Labute approximate surface area is 129 Å². The number of carbonyl (C=O) groups excluding carboxylic acids is 1. The summed E-state index contributed by atoms with van der Waals surface area (Å²) in [6.45, 7) is 4.36. The molecule has 0 bridgehead atoms. The van der Waals surface area contributed by atoms with Gasteiger partial charge in [-0.3, -0.25) is 4.79 Å². The molecule has 2 nitrogen and oxygen atoms in total. The van der Waals surface area contributed by atoms with Crippen LogP contribution in [0.2, 0.25) is 0 Å². The average Bonchev–Trinajstić information content (AvgIpc) is 2.47. The number of rotatable bonds is 8. The number of hydrogen-bond donors (Lipinski definition) is 0. The minimum atomic E-state index is -0.174. The van der Waals surface area contributed by atoms with E-state index in [1.807, 2.05) is 0 Å². The lowest BCUT2D eigenvalue weighted by atomic mass is 9.88. The van der Waals surface area contributed by atoms with Crippen molar-refractivity contribution in [3.8, 4) is 0 Å². The van der Waals surface area contributed by atoms with E-state index >= 15 is 0 Å². The second-order valence-corrected chi connectivity index (χ2v) is 5.49. The topological polar surface area (TPSA) is 26.3 Å². The first kappa shape index (κ1) is 17.5. The highest BCUT2D eigenvalue weighted by molar-refractivity contribution is 5.73. The molecule has 1 aliphatic rings. The first-order valence-electron chi connectivity index (χ1n) is 8.00. The summed E-state index contributed by atoms with van der Waals surface area (Å²) in [7, 11) is 1.44. The van der Waals surface area contributed by atoms with Crippen molar-refractivity contribution in [1.82, 2.24) is 0 Å². The predicted octanol–water partition coefficient (Wildman–Crippen LogP) is 5.13. The highest BCUT2D eigenvalue weighted by Gasteiger charge is 2.14. The largest absolute Gasteiger partial charge is 0.469 e. The highest BCUT2D eigenvalue weighted by atomic mass is 16.5. The molecule has 0 saturated heterocycles. The summed E-state index contributed by atoms with van der Waals surface area (Å²) in [6, 6.07) is 0. The monoisotopic (exact) mass is 288 g/mol. The molecule has 0 radical (unpaired) electrons. The normalized spacial score (nSPS) is 18.9. The second-order valence-electron chi connectivity index (χ2n) is 5.49. The molecule has 0 amide bonds. The molecular weight excluding hydrogens is 260 g/mol. The van der Waals surface area contributed by atoms with Crippen molar-refractivity contribution in [1.29, 1.82) is 0 Å². The van der Waals surface area contributed by atoms with Crippen LogP contribution in [0.5, 0.6) is 0 Å². The smallest absolute Gasteiger partial charge is 0.309 e. The Morgan fingerprint density at radius 2 is 2.00 bits per heavy atom. The van der Waals surface area contributed by atoms with Gasteiger partial charge in [0.25, 0.3) is 0 Å². The molecule has 0 aliphatic heterocycles. The molecule has 0 heterocycles. The fourth-order valence-corrected chi connectivity index (χ4v) is 2.38. The molecule has 0 aromatic carbocycles. The Hall–Kier alpha value is -1.57. The quantitative estimate of drug-likeness (QED) is 0.457. The van der Waals surface area contributed by atoms with Crippen molar-refractivity contribution in [3.63, 3.8) is 0 Å². The first-order valence-corrected chi connectivity index (χ1v) is 8.00. The van der Waals surface area contributed by atoms with E-state index in [0.717, 1.165) is 31.3 Å². The lowest BCUT2D eigenvalue weighted by molar-refractivity contribution is -0.139. The van der Waals surface area contributed by atoms with E-state index in [1.54, 1.807) is 0 Å². The number of allylic oxidation sites excluding steroid dienone is 7. The van der Waals surface area contributed by atoms with Gasteiger partial charge in [0, 0.05) is 0 Å². The predicted molar refractivity (Wildman–Crippen MR) is 89.0 cm³/mol. The van der Waals surface area contributed by atoms with Crippen LogP contribution in [0.25, 0.3) is 0 Å². The van der Waals surface area contributed by atoms with Crippen molar-refractivity contribution in [2.45, 2.75) is 52.4 Å². The van der Waals surface area contributed by atoms with Gasteiger partial charge in [-0.05, 0) is 36.3 Å². The Morgan fingerprint density at radius 3 is 2.67 bits per heavy atom. The molecule has 1 aliphatic carbocycles. The zero-order valence-corrected chi connectivity index (χ0v) is 13.6. The van der Waals surface area contributed by atoms with Gasteiger partial charge in [-0.2, -0.15) is 0 Å². The Balaban J connectivity index is 2.79. The SMILES string of the molecule is CCC/C=C/C1=CC(CC(=O)OC)=CC(/C=C/CCC)C1. The van der Waals surface area contributed by atoms with Crippen LogP contribution in [0, 0.1) is 5.92 Å². The fraction of sp³-hybridized carbons (Fsp3) is 0.526. The molecule has 2 heteroatoms. The van der Waals surface area contributed by atoms with Crippen LogP contribution in [-0.2, 0) is 9.53 Å². The van der Waals surface area contributed by atoms with E-state index in [4.69, 9.17) is 4.74 Å². The number of esters is 1. The van der Waals surface area contributed by atoms with Gasteiger partial charge in [0.05, 0.1) is 13.5 Å². The Bertz CT molecular complexity index is 438. The number of unbranched alkanes of at least 4 members (excludes halogenated alkanes) is 2. The number of carbonyl (C=O) groups is 1. The van der Waals surface area contributed by atoms with Crippen LogP contribution in [-0.4, -0.2) is 13.1 Å². The van der Waals surface area contributed by atoms with Crippen molar-refractivity contribution < 1.29 is 9.53 Å². The van der Waals surface area contributed by atoms with Gasteiger partial charge in [0.2, 0.25) is 0 Å². The molecule has 0 aromatic rings. The van der Waals surface area contributed by atoms with Crippen LogP contribution in [0.1, 0.15) is 52.4 Å². The number of methoxy groups -OCH3 is 1. The third-order valence-electron chi connectivity index (χ3n) is 3.47. The van der Waals surface area contributed by atoms with E-state index in [1.165, 1.54) is 19.1 Å². The maximum absolute atomic E-state index is 11.5.